The summed E-state index contributed by atoms with van der Waals surface area (Å²) in [6.07, 6.45) is 0.842. The summed E-state index contributed by atoms with van der Waals surface area (Å²) in [5.74, 6) is -0.339. The first-order valence-electron chi connectivity index (χ1n) is 16.8. The Morgan fingerprint density at radius 1 is 0.765 bits per heavy atom. The molecular formula is C41H42FN3O5S. The van der Waals surface area contributed by atoms with Crippen LogP contribution in [0.15, 0.2) is 138 Å². The summed E-state index contributed by atoms with van der Waals surface area (Å²) in [4.78, 5) is 30.1. The number of hydrogen-bond acceptors (Lipinski definition) is 5. The molecule has 0 radical (unpaired) electrons. The molecule has 0 bridgehead atoms. The molecule has 10 heteroatoms. The van der Waals surface area contributed by atoms with Crippen LogP contribution < -0.4 is 14.4 Å². The largest absolute Gasteiger partial charge is 0.457 e. The number of rotatable bonds is 15. The zero-order valence-corrected chi connectivity index (χ0v) is 29.7. The third-order valence-electron chi connectivity index (χ3n) is 8.53. The maximum Gasteiger partial charge on any atom is 0.264 e. The first-order chi connectivity index (χ1) is 24.5. The predicted molar refractivity (Wildman–Crippen MR) is 197 cm³/mol. The van der Waals surface area contributed by atoms with Crippen LogP contribution in [0.4, 0.5) is 10.1 Å². The Balaban J connectivity index is 1.56. The lowest BCUT2D eigenvalue weighted by molar-refractivity contribution is -0.140. The van der Waals surface area contributed by atoms with Gasteiger partial charge < -0.3 is 15.0 Å². The summed E-state index contributed by atoms with van der Waals surface area (Å²) < 4.78 is 49.6. The van der Waals surface area contributed by atoms with Gasteiger partial charge in [0.1, 0.15) is 29.9 Å². The average Bonchev–Trinajstić information content (AvgIpc) is 3.14. The van der Waals surface area contributed by atoms with E-state index in [1.54, 1.807) is 60.7 Å². The van der Waals surface area contributed by atoms with Gasteiger partial charge in [0.05, 0.1) is 10.6 Å². The maximum atomic E-state index is 14.7. The van der Waals surface area contributed by atoms with Crippen LogP contribution in [0.3, 0.4) is 0 Å². The highest BCUT2D eigenvalue weighted by molar-refractivity contribution is 7.92. The summed E-state index contributed by atoms with van der Waals surface area (Å²) in [5.41, 5.74) is 2.50. The van der Waals surface area contributed by atoms with E-state index in [1.807, 2.05) is 69.3 Å². The lowest BCUT2D eigenvalue weighted by Crippen LogP contribution is -2.54. The van der Waals surface area contributed by atoms with Gasteiger partial charge in [-0.2, -0.15) is 0 Å². The van der Waals surface area contributed by atoms with E-state index in [1.165, 1.54) is 29.2 Å². The fraction of sp³-hybridized carbons (Fsp3) is 0.220. The second kappa shape index (κ2) is 17.0. The second-order valence-corrected chi connectivity index (χ2v) is 14.3. The Kier molecular flexibility index (Phi) is 12.2. The van der Waals surface area contributed by atoms with Gasteiger partial charge in [-0.3, -0.25) is 13.9 Å². The molecule has 0 heterocycles. The van der Waals surface area contributed by atoms with Crippen molar-refractivity contribution in [3.05, 3.63) is 156 Å². The molecule has 0 aliphatic rings. The van der Waals surface area contributed by atoms with Gasteiger partial charge in [0.2, 0.25) is 11.8 Å². The minimum atomic E-state index is -4.28. The molecule has 5 rings (SSSR count). The monoisotopic (exact) mass is 707 g/mol. The van der Waals surface area contributed by atoms with Crippen molar-refractivity contribution in [1.29, 1.82) is 0 Å². The van der Waals surface area contributed by atoms with Crippen LogP contribution in [0.25, 0.3) is 0 Å². The number of para-hydroxylation sites is 1. The summed E-state index contributed by atoms with van der Waals surface area (Å²) in [7, 11) is -4.28. The van der Waals surface area contributed by atoms with Crippen molar-refractivity contribution < 1.29 is 27.1 Å². The Bertz CT molecular complexity index is 1990. The van der Waals surface area contributed by atoms with Gasteiger partial charge in [-0.15, -0.1) is 0 Å². The van der Waals surface area contributed by atoms with E-state index >= 15 is 0 Å². The number of nitrogens with zero attached hydrogens (tertiary/aromatic N) is 2. The number of hydrogen-bond donors (Lipinski definition) is 1. The molecule has 0 aliphatic carbocycles. The fourth-order valence-corrected chi connectivity index (χ4v) is 6.87. The Morgan fingerprint density at radius 2 is 1.35 bits per heavy atom. The molecule has 2 atom stereocenters. The van der Waals surface area contributed by atoms with Crippen molar-refractivity contribution in [2.75, 3.05) is 10.8 Å². The van der Waals surface area contributed by atoms with Crippen LogP contribution in [0.2, 0.25) is 0 Å². The lowest BCUT2D eigenvalue weighted by Gasteiger charge is -2.34. The van der Waals surface area contributed by atoms with Gasteiger partial charge in [-0.05, 0) is 92.1 Å². The first kappa shape index (κ1) is 36.8. The number of anilines is 1. The van der Waals surface area contributed by atoms with Gasteiger partial charge in [0.15, 0.2) is 0 Å². The molecule has 8 nitrogen and oxygen atoms in total. The Morgan fingerprint density at radius 3 is 1.96 bits per heavy atom. The minimum Gasteiger partial charge on any atom is -0.457 e. The molecule has 1 N–H and O–H groups in total. The highest BCUT2D eigenvalue weighted by Crippen LogP contribution is 2.29. The number of nitrogens with one attached hydrogen (secondary N) is 1. The van der Waals surface area contributed by atoms with E-state index in [2.05, 4.69) is 5.32 Å². The van der Waals surface area contributed by atoms with Crippen molar-refractivity contribution in [3.8, 4) is 11.5 Å². The van der Waals surface area contributed by atoms with Crippen LogP contribution >= 0.6 is 0 Å². The van der Waals surface area contributed by atoms with Crippen LogP contribution in [0.5, 0.6) is 11.5 Å². The number of carbonyl (C=O) groups is 2. The zero-order valence-electron chi connectivity index (χ0n) is 28.9. The SMILES string of the molecule is CC[C@@H](C)NC(=O)[C@H](Cc1ccccc1)N(Cc1ccc(F)cc1)C(=O)CN(c1ccc(Oc2ccccc2)cc1)S(=O)(=O)c1ccc(C)cc1. The van der Waals surface area contributed by atoms with E-state index in [-0.39, 0.29) is 35.5 Å². The average molecular weight is 708 g/mol. The summed E-state index contributed by atoms with van der Waals surface area (Å²) in [5, 5.41) is 3.01. The smallest absolute Gasteiger partial charge is 0.264 e. The minimum absolute atomic E-state index is 0.00551. The predicted octanol–water partition coefficient (Wildman–Crippen LogP) is 7.68. The molecular weight excluding hydrogens is 666 g/mol. The molecule has 2 amide bonds. The number of aryl methyl sites for hydroxylation is 1. The normalized spacial score (nSPS) is 12.4. The number of benzene rings is 5. The van der Waals surface area contributed by atoms with E-state index < -0.39 is 34.3 Å². The quantitative estimate of drug-likeness (QED) is 0.121. The number of sulfonamides is 1. The van der Waals surface area contributed by atoms with E-state index in [4.69, 9.17) is 4.74 Å². The number of ether oxygens (including phenoxy) is 1. The first-order valence-corrected chi connectivity index (χ1v) is 18.3. The molecule has 0 spiro atoms. The topological polar surface area (TPSA) is 96.0 Å². The Labute approximate surface area is 299 Å². The lowest BCUT2D eigenvalue weighted by atomic mass is 10.0. The van der Waals surface area contributed by atoms with Crippen LogP contribution in [-0.4, -0.2) is 43.8 Å². The van der Waals surface area contributed by atoms with E-state index in [0.29, 0.717) is 23.5 Å². The zero-order chi connectivity index (χ0) is 36.4. The van der Waals surface area contributed by atoms with Crippen molar-refractivity contribution >= 4 is 27.5 Å². The van der Waals surface area contributed by atoms with Crippen molar-refractivity contribution in [2.24, 2.45) is 0 Å². The highest BCUT2D eigenvalue weighted by atomic mass is 32.2. The number of carbonyl (C=O) groups excluding carboxylic acids is 2. The van der Waals surface area contributed by atoms with Gasteiger partial charge >= 0.3 is 0 Å². The van der Waals surface area contributed by atoms with Crippen molar-refractivity contribution in [2.45, 2.75) is 57.1 Å². The van der Waals surface area contributed by atoms with Crippen molar-refractivity contribution in [3.63, 3.8) is 0 Å². The highest BCUT2D eigenvalue weighted by Gasteiger charge is 2.35. The molecule has 51 heavy (non-hydrogen) atoms. The third-order valence-corrected chi connectivity index (χ3v) is 10.3. The summed E-state index contributed by atoms with van der Waals surface area (Å²) in [6, 6.07) is 35.8. The number of halogens is 1. The molecule has 0 aromatic heterocycles. The van der Waals surface area contributed by atoms with Gasteiger partial charge in [-0.1, -0.05) is 85.3 Å². The van der Waals surface area contributed by atoms with Crippen LogP contribution in [0.1, 0.15) is 37.0 Å². The van der Waals surface area contributed by atoms with Gasteiger partial charge in [0.25, 0.3) is 10.0 Å². The number of amides is 2. The fourth-order valence-electron chi connectivity index (χ4n) is 5.45. The van der Waals surface area contributed by atoms with E-state index in [9.17, 15) is 22.4 Å². The van der Waals surface area contributed by atoms with Crippen molar-refractivity contribution in [1.82, 2.24) is 10.2 Å². The molecule has 264 valence electrons. The van der Waals surface area contributed by atoms with Crippen LogP contribution in [0, 0.1) is 12.7 Å². The molecule has 0 unspecified atom stereocenters. The van der Waals surface area contributed by atoms with Gasteiger partial charge in [0, 0.05) is 19.0 Å². The van der Waals surface area contributed by atoms with Gasteiger partial charge in [-0.25, -0.2) is 12.8 Å². The van der Waals surface area contributed by atoms with E-state index in [0.717, 1.165) is 15.4 Å². The standard InChI is InChI=1S/C41H42FN3O5S/c1-4-31(3)43-41(47)39(27-32-11-7-5-8-12-32)44(28-33-17-19-34(42)20-18-33)40(46)29-45(51(48,49)38-25-15-30(2)16-26-38)35-21-23-37(24-22-35)50-36-13-9-6-10-14-36/h5-26,31,39H,4,27-29H2,1-3H3,(H,43,47)/t31-,39+/m1/s1. The third kappa shape index (κ3) is 9.82. The molecule has 0 saturated heterocycles. The maximum absolute atomic E-state index is 14.7. The molecule has 0 fully saturated rings. The molecule has 0 saturated carbocycles. The Hall–Kier alpha value is -5.48. The second-order valence-electron chi connectivity index (χ2n) is 12.4. The van der Waals surface area contributed by atoms with Crippen LogP contribution in [-0.2, 0) is 32.6 Å². The summed E-state index contributed by atoms with van der Waals surface area (Å²) in [6.45, 7) is 5.01. The molecule has 0 aliphatic heterocycles. The molecule has 5 aromatic rings. The molecule has 5 aromatic carbocycles. The summed E-state index contributed by atoms with van der Waals surface area (Å²) >= 11 is 0.